The Balaban J connectivity index is 1.64. The third kappa shape index (κ3) is 3.14. The van der Waals surface area contributed by atoms with Gasteiger partial charge in [0.05, 0.1) is 0 Å². The number of carbonyl (C=O) groups is 1. The summed E-state index contributed by atoms with van der Waals surface area (Å²) in [6.07, 6.45) is 0. The Kier molecular flexibility index (Phi) is 4.03. The number of carboxylic acids is 1. The van der Waals surface area contributed by atoms with Gasteiger partial charge < -0.3 is 14.9 Å². The summed E-state index contributed by atoms with van der Waals surface area (Å²) in [6, 6.07) is 9.63. The first-order valence-electron chi connectivity index (χ1n) is 6.71. The van der Waals surface area contributed by atoms with Crippen LogP contribution < -0.4 is 9.80 Å². The van der Waals surface area contributed by atoms with Gasteiger partial charge in [-0.3, -0.25) is 0 Å². The van der Waals surface area contributed by atoms with Gasteiger partial charge in [0.25, 0.3) is 0 Å². The number of carboxylic acid groups (broad SMARTS) is 1. The Morgan fingerprint density at radius 3 is 2.14 bits per heavy atom. The maximum absolute atomic E-state index is 10.9. The van der Waals surface area contributed by atoms with Gasteiger partial charge in [-0.1, -0.05) is 11.6 Å². The summed E-state index contributed by atoms with van der Waals surface area (Å²) < 4.78 is 0. The molecule has 0 bridgehead atoms. The highest BCUT2D eigenvalue weighted by Gasteiger charge is 2.19. The summed E-state index contributed by atoms with van der Waals surface area (Å²) in [4.78, 5) is 15.9. The van der Waals surface area contributed by atoms with Crippen LogP contribution in [0.25, 0.3) is 0 Å². The monoisotopic (exact) mass is 322 g/mol. The number of rotatable bonds is 3. The molecule has 1 fully saturated rings. The van der Waals surface area contributed by atoms with E-state index in [1.807, 2.05) is 29.6 Å². The van der Waals surface area contributed by atoms with Crippen LogP contribution in [0.3, 0.4) is 0 Å². The number of benzene rings is 1. The predicted octanol–water partition coefficient (Wildman–Crippen LogP) is 3.43. The molecule has 1 saturated heterocycles. The Morgan fingerprint density at radius 2 is 1.62 bits per heavy atom. The first-order chi connectivity index (χ1) is 10.1. The second kappa shape index (κ2) is 5.95. The van der Waals surface area contributed by atoms with Crippen LogP contribution >= 0.6 is 22.9 Å². The van der Waals surface area contributed by atoms with E-state index < -0.39 is 5.97 Å². The van der Waals surface area contributed by atoms with Gasteiger partial charge in [-0.25, -0.2) is 4.79 Å². The van der Waals surface area contributed by atoms with Crippen LogP contribution in [0, 0.1) is 0 Å². The fourth-order valence-electron chi connectivity index (χ4n) is 2.48. The molecule has 3 rings (SSSR count). The minimum Gasteiger partial charge on any atom is -0.477 e. The van der Waals surface area contributed by atoms with Gasteiger partial charge >= 0.3 is 5.97 Å². The van der Waals surface area contributed by atoms with E-state index in [0.29, 0.717) is 4.88 Å². The molecule has 1 aromatic carbocycles. The molecule has 21 heavy (non-hydrogen) atoms. The Labute approximate surface area is 132 Å². The third-order valence-corrected chi connectivity index (χ3v) is 4.79. The van der Waals surface area contributed by atoms with Crippen molar-refractivity contribution in [2.45, 2.75) is 0 Å². The van der Waals surface area contributed by atoms with E-state index in [4.69, 9.17) is 16.7 Å². The number of piperazine rings is 1. The van der Waals surface area contributed by atoms with Crippen molar-refractivity contribution in [3.63, 3.8) is 0 Å². The van der Waals surface area contributed by atoms with Crippen molar-refractivity contribution in [1.82, 2.24) is 0 Å². The molecule has 0 aliphatic carbocycles. The van der Waals surface area contributed by atoms with Crippen LogP contribution in [0.15, 0.2) is 35.7 Å². The largest absolute Gasteiger partial charge is 0.477 e. The maximum Gasteiger partial charge on any atom is 0.345 e. The molecule has 110 valence electrons. The zero-order valence-corrected chi connectivity index (χ0v) is 12.9. The fraction of sp³-hybridized carbons (Fsp3) is 0.267. The number of thiophene rings is 1. The average Bonchev–Trinajstić information content (AvgIpc) is 2.98. The van der Waals surface area contributed by atoms with Crippen molar-refractivity contribution >= 4 is 40.3 Å². The molecule has 1 N–H and O–H groups in total. The van der Waals surface area contributed by atoms with Crippen molar-refractivity contribution in [3.05, 3.63) is 45.6 Å². The summed E-state index contributed by atoms with van der Waals surface area (Å²) in [7, 11) is 0. The zero-order valence-electron chi connectivity index (χ0n) is 11.3. The molecule has 0 atom stereocenters. The van der Waals surface area contributed by atoms with E-state index in [1.54, 1.807) is 6.07 Å². The summed E-state index contributed by atoms with van der Waals surface area (Å²) in [6.45, 7) is 3.61. The highest BCUT2D eigenvalue weighted by atomic mass is 35.5. The molecule has 4 nitrogen and oxygen atoms in total. The number of anilines is 2. The molecular formula is C15H15ClN2O2S. The fourth-order valence-corrected chi connectivity index (χ4v) is 3.36. The number of hydrogen-bond acceptors (Lipinski definition) is 4. The van der Waals surface area contributed by atoms with Crippen LogP contribution in [-0.4, -0.2) is 37.3 Å². The van der Waals surface area contributed by atoms with E-state index in [0.717, 1.165) is 36.9 Å². The molecule has 0 radical (unpaired) electrons. The van der Waals surface area contributed by atoms with Gasteiger partial charge in [0, 0.05) is 48.0 Å². The zero-order chi connectivity index (χ0) is 14.8. The van der Waals surface area contributed by atoms with E-state index >= 15 is 0 Å². The van der Waals surface area contributed by atoms with Crippen molar-refractivity contribution in [1.29, 1.82) is 0 Å². The number of hydrogen-bond donors (Lipinski definition) is 1. The predicted molar refractivity (Wildman–Crippen MR) is 87.2 cm³/mol. The molecular weight excluding hydrogens is 308 g/mol. The Morgan fingerprint density at radius 1 is 1.05 bits per heavy atom. The van der Waals surface area contributed by atoms with E-state index in [9.17, 15) is 4.79 Å². The molecule has 0 unspecified atom stereocenters. The summed E-state index contributed by atoms with van der Waals surface area (Å²) in [5, 5.41) is 11.6. The summed E-state index contributed by atoms with van der Waals surface area (Å²) in [5.41, 5.74) is 2.18. The SMILES string of the molecule is O=C(O)c1cc(N2CCN(c3ccc(Cl)cc3)CC2)cs1. The minimum atomic E-state index is -0.856. The molecule has 0 saturated carbocycles. The minimum absolute atomic E-state index is 0.394. The van der Waals surface area contributed by atoms with Crippen molar-refractivity contribution in [2.75, 3.05) is 36.0 Å². The molecule has 2 aromatic rings. The molecule has 6 heteroatoms. The Bertz CT molecular complexity index is 633. The standard InChI is InChI=1S/C15H15ClN2O2S/c16-11-1-3-12(4-2-11)17-5-7-18(8-6-17)13-9-14(15(19)20)21-10-13/h1-4,9-10H,5-8H2,(H,19,20). The van der Waals surface area contributed by atoms with Crippen LogP contribution in [0.1, 0.15) is 9.67 Å². The van der Waals surface area contributed by atoms with Gasteiger partial charge in [-0.15, -0.1) is 11.3 Å². The topological polar surface area (TPSA) is 43.8 Å². The third-order valence-electron chi connectivity index (χ3n) is 3.63. The van der Waals surface area contributed by atoms with Gasteiger partial charge in [-0.05, 0) is 30.3 Å². The van der Waals surface area contributed by atoms with Crippen molar-refractivity contribution in [3.8, 4) is 0 Å². The highest BCUT2D eigenvalue weighted by Crippen LogP contribution is 2.26. The molecule has 1 aliphatic heterocycles. The van der Waals surface area contributed by atoms with Crippen LogP contribution in [-0.2, 0) is 0 Å². The van der Waals surface area contributed by atoms with Crippen LogP contribution in [0.4, 0.5) is 11.4 Å². The average molecular weight is 323 g/mol. The first kappa shape index (κ1) is 14.2. The molecule has 0 spiro atoms. The lowest BCUT2D eigenvalue weighted by Gasteiger charge is -2.36. The van der Waals surface area contributed by atoms with E-state index in [-0.39, 0.29) is 0 Å². The summed E-state index contributed by atoms with van der Waals surface area (Å²) >= 11 is 7.19. The van der Waals surface area contributed by atoms with Gasteiger partial charge in [0.15, 0.2) is 0 Å². The summed E-state index contributed by atoms with van der Waals surface area (Å²) in [5.74, 6) is -0.856. The first-order valence-corrected chi connectivity index (χ1v) is 7.96. The normalized spacial score (nSPS) is 15.3. The van der Waals surface area contributed by atoms with Crippen molar-refractivity contribution in [2.24, 2.45) is 0 Å². The van der Waals surface area contributed by atoms with Gasteiger partial charge in [-0.2, -0.15) is 0 Å². The smallest absolute Gasteiger partial charge is 0.345 e. The number of nitrogens with zero attached hydrogens (tertiary/aromatic N) is 2. The molecule has 2 heterocycles. The molecule has 0 amide bonds. The molecule has 1 aromatic heterocycles. The van der Waals surface area contributed by atoms with Crippen LogP contribution in [0.2, 0.25) is 5.02 Å². The quantitative estimate of drug-likeness (QED) is 0.940. The van der Waals surface area contributed by atoms with E-state index in [1.165, 1.54) is 17.0 Å². The lowest BCUT2D eigenvalue weighted by atomic mass is 10.2. The maximum atomic E-state index is 10.9. The van der Waals surface area contributed by atoms with Crippen molar-refractivity contribution < 1.29 is 9.90 Å². The second-order valence-electron chi connectivity index (χ2n) is 4.92. The van der Waals surface area contributed by atoms with Gasteiger partial charge in [0.2, 0.25) is 0 Å². The van der Waals surface area contributed by atoms with E-state index in [2.05, 4.69) is 9.80 Å². The number of halogens is 1. The number of aromatic carboxylic acids is 1. The second-order valence-corrected chi connectivity index (χ2v) is 6.27. The highest BCUT2D eigenvalue weighted by molar-refractivity contribution is 7.12. The lowest BCUT2D eigenvalue weighted by molar-refractivity contribution is 0.0702. The Hall–Kier alpha value is -1.72. The lowest BCUT2D eigenvalue weighted by Crippen LogP contribution is -2.46. The van der Waals surface area contributed by atoms with Gasteiger partial charge in [0.1, 0.15) is 4.88 Å². The molecule has 1 aliphatic rings. The van der Waals surface area contributed by atoms with Crippen LogP contribution in [0.5, 0.6) is 0 Å².